The number of aliphatic carboxylic acids is 1. The largest absolute Gasteiger partial charge is 0.481 e. The van der Waals surface area contributed by atoms with Gasteiger partial charge in [-0.25, -0.2) is 0 Å². The summed E-state index contributed by atoms with van der Waals surface area (Å²) in [5.74, 6) is -0.984. The van der Waals surface area contributed by atoms with Crippen LogP contribution in [0.4, 0.5) is 0 Å². The van der Waals surface area contributed by atoms with Gasteiger partial charge >= 0.3 is 5.97 Å². The van der Waals surface area contributed by atoms with E-state index < -0.39 is 5.97 Å². The molecular weight excluding hydrogens is 246 g/mol. The summed E-state index contributed by atoms with van der Waals surface area (Å²) in [7, 11) is 1.97. The molecule has 0 aliphatic carbocycles. The Morgan fingerprint density at radius 2 is 2.00 bits per heavy atom. The second-order valence-electron chi connectivity index (χ2n) is 4.49. The molecule has 4 heteroatoms. The van der Waals surface area contributed by atoms with Crippen LogP contribution >= 0.6 is 11.8 Å². The first kappa shape index (κ1) is 15.1. The minimum atomic E-state index is -0.706. The SMILES string of the molecule is CCC(CN(C)Cc1ccc(SC)cc1)C(=O)O. The van der Waals surface area contributed by atoms with E-state index in [0.29, 0.717) is 13.0 Å². The van der Waals surface area contributed by atoms with E-state index in [-0.39, 0.29) is 5.92 Å². The van der Waals surface area contributed by atoms with Crippen molar-refractivity contribution in [3.63, 3.8) is 0 Å². The normalized spacial score (nSPS) is 12.7. The van der Waals surface area contributed by atoms with Gasteiger partial charge in [0.2, 0.25) is 0 Å². The number of carboxylic acid groups (broad SMARTS) is 1. The van der Waals surface area contributed by atoms with E-state index >= 15 is 0 Å². The highest BCUT2D eigenvalue weighted by Gasteiger charge is 2.17. The van der Waals surface area contributed by atoms with Crippen molar-refractivity contribution in [1.29, 1.82) is 0 Å². The highest BCUT2D eigenvalue weighted by Crippen LogP contribution is 2.16. The molecule has 0 radical (unpaired) electrons. The fraction of sp³-hybridized carbons (Fsp3) is 0.500. The van der Waals surface area contributed by atoms with E-state index in [1.165, 1.54) is 10.5 Å². The summed E-state index contributed by atoms with van der Waals surface area (Å²) in [6.45, 7) is 3.30. The van der Waals surface area contributed by atoms with Crippen molar-refractivity contribution in [3.8, 4) is 0 Å². The number of carbonyl (C=O) groups is 1. The quantitative estimate of drug-likeness (QED) is 0.771. The van der Waals surface area contributed by atoms with Crippen LogP contribution in [0, 0.1) is 5.92 Å². The zero-order chi connectivity index (χ0) is 13.5. The summed E-state index contributed by atoms with van der Waals surface area (Å²) in [5.41, 5.74) is 1.22. The third-order valence-corrected chi connectivity index (χ3v) is 3.73. The average Bonchev–Trinajstić information content (AvgIpc) is 2.36. The third-order valence-electron chi connectivity index (χ3n) is 2.99. The maximum absolute atomic E-state index is 11.0. The number of carboxylic acids is 1. The Kier molecular flexibility index (Phi) is 6.22. The van der Waals surface area contributed by atoms with Crippen LogP contribution in [0.5, 0.6) is 0 Å². The van der Waals surface area contributed by atoms with Crippen LogP contribution in [0.25, 0.3) is 0 Å². The fourth-order valence-electron chi connectivity index (χ4n) is 1.87. The number of hydrogen-bond donors (Lipinski definition) is 1. The van der Waals surface area contributed by atoms with Crippen LogP contribution in [0.15, 0.2) is 29.2 Å². The minimum Gasteiger partial charge on any atom is -0.481 e. The minimum absolute atomic E-state index is 0.277. The molecular formula is C14H21NO2S. The van der Waals surface area contributed by atoms with Crippen LogP contribution in [-0.4, -0.2) is 35.8 Å². The zero-order valence-corrected chi connectivity index (χ0v) is 12.0. The van der Waals surface area contributed by atoms with Gasteiger partial charge in [0.1, 0.15) is 0 Å². The van der Waals surface area contributed by atoms with Crippen LogP contribution in [0.2, 0.25) is 0 Å². The first-order valence-corrected chi connectivity index (χ1v) is 7.33. The lowest BCUT2D eigenvalue weighted by atomic mass is 10.1. The van der Waals surface area contributed by atoms with Crippen molar-refractivity contribution in [2.24, 2.45) is 5.92 Å². The number of thioether (sulfide) groups is 1. The van der Waals surface area contributed by atoms with Gasteiger partial charge < -0.3 is 10.0 Å². The molecule has 0 saturated carbocycles. The maximum Gasteiger partial charge on any atom is 0.307 e. The predicted octanol–water partition coefficient (Wildman–Crippen LogP) is 2.95. The lowest BCUT2D eigenvalue weighted by molar-refractivity contribution is -0.142. The summed E-state index contributed by atoms with van der Waals surface area (Å²) in [5, 5.41) is 9.03. The second-order valence-corrected chi connectivity index (χ2v) is 5.37. The Bertz CT molecular complexity index is 378. The van der Waals surface area contributed by atoms with E-state index in [9.17, 15) is 4.79 Å². The van der Waals surface area contributed by atoms with Crippen LogP contribution in [0.1, 0.15) is 18.9 Å². The monoisotopic (exact) mass is 267 g/mol. The van der Waals surface area contributed by atoms with Gasteiger partial charge in [0.15, 0.2) is 0 Å². The Labute approximate surface area is 113 Å². The summed E-state index contributed by atoms with van der Waals surface area (Å²) in [6, 6.07) is 8.40. The predicted molar refractivity (Wildman–Crippen MR) is 76.0 cm³/mol. The Hall–Kier alpha value is -1.00. The number of rotatable bonds is 7. The molecule has 0 fully saturated rings. The molecule has 0 heterocycles. The Morgan fingerprint density at radius 3 is 2.44 bits per heavy atom. The molecule has 1 aromatic carbocycles. The molecule has 0 aliphatic heterocycles. The van der Waals surface area contributed by atoms with Gasteiger partial charge in [-0.2, -0.15) is 0 Å². The van der Waals surface area contributed by atoms with Crippen molar-refractivity contribution in [2.45, 2.75) is 24.8 Å². The van der Waals surface area contributed by atoms with Crippen LogP contribution in [0.3, 0.4) is 0 Å². The molecule has 0 saturated heterocycles. The Morgan fingerprint density at radius 1 is 1.39 bits per heavy atom. The number of benzene rings is 1. The second kappa shape index (κ2) is 7.44. The molecule has 0 amide bonds. The molecule has 0 bridgehead atoms. The topological polar surface area (TPSA) is 40.5 Å². The Balaban J connectivity index is 2.52. The summed E-state index contributed by atoms with van der Waals surface area (Å²) in [4.78, 5) is 14.3. The molecule has 3 nitrogen and oxygen atoms in total. The highest BCUT2D eigenvalue weighted by molar-refractivity contribution is 7.98. The maximum atomic E-state index is 11.0. The number of nitrogens with zero attached hydrogens (tertiary/aromatic N) is 1. The standard InChI is InChI=1S/C14H21NO2S/c1-4-12(14(16)17)10-15(2)9-11-5-7-13(18-3)8-6-11/h5-8,12H,4,9-10H2,1-3H3,(H,16,17). The van der Waals surface area contributed by atoms with Crippen molar-refractivity contribution in [3.05, 3.63) is 29.8 Å². The highest BCUT2D eigenvalue weighted by atomic mass is 32.2. The van der Waals surface area contributed by atoms with E-state index in [0.717, 1.165) is 6.54 Å². The summed E-state index contributed by atoms with van der Waals surface area (Å²) >= 11 is 1.72. The van der Waals surface area contributed by atoms with Gasteiger partial charge in [-0.05, 0) is 37.4 Å². The first-order valence-electron chi connectivity index (χ1n) is 6.11. The van der Waals surface area contributed by atoms with Gasteiger partial charge in [0, 0.05) is 18.0 Å². The molecule has 1 N–H and O–H groups in total. The molecule has 0 aliphatic rings. The lowest BCUT2D eigenvalue weighted by Crippen LogP contribution is -2.29. The molecule has 100 valence electrons. The molecule has 1 aromatic rings. The van der Waals surface area contributed by atoms with E-state index in [4.69, 9.17) is 5.11 Å². The molecule has 1 atom stereocenters. The van der Waals surface area contributed by atoms with Gasteiger partial charge in [-0.3, -0.25) is 4.79 Å². The smallest absolute Gasteiger partial charge is 0.307 e. The van der Waals surface area contributed by atoms with Crippen molar-refractivity contribution >= 4 is 17.7 Å². The molecule has 0 spiro atoms. The van der Waals surface area contributed by atoms with Crippen molar-refractivity contribution in [2.75, 3.05) is 19.8 Å². The zero-order valence-electron chi connectivity index (χ0n) is 11.2. The summed E-state index contributed by atoms with van der Waals surface area (Å²) in [6.07, 6.45) is 2.73. The summed E-state index contributed by atoms with van der Waals surface area (Å²) < 4.78 is 0. The molecule has 1 rings (SSSR count). The van der Waals surface area contributed by atoms with Crippen molar-refractivity contribution in [1.82, 2.24) is 4.90 Å². The third kappa shape index (κ3) is 4.70. The van der Waals surface area contributed by atoms with Crippen LogP contribution in [-0.2, 0) is 11.3 Å². The van der Waals surface area contributed by atoms with E-state index in [1.54, 1.807) is 11.8 Å². The fourth-order valence-corrected chi connectivity index (χ4v) is 2.27. The van der Waals surface area contributed by atoms with Crippen molar-refractivity contribution < 1.29 is 9.90 Å². The number of hydrogen-bond acceptors (Lipinski definition) is 3. The lowest BCUT2D eigenvalue weighted by Gasteiger charge is -2.20. The van der Waals surface area contributed by atoms with E-state index in [1.807, 2.05) is 14.0 Å². The van der Waals surface area contributed by atoms with E-state index in [2.05, 4.69) is 35.4 Å². The molecule has 0 aromatic heterocycles. The van der Waals surface area contributed by atoms with Gasteiger partial charge in [-0.1, -0.05) is 19.1 Å². The van der Waals surface area contributed by atoms with Crippen LogP contribution < -0.4 is 0 Å². The van der Waals surface area contributed by atoms with Gasteiger partial charge in [0.25, 0.3) is 0 Å². The molecule has 18 heavy (non-hydrogen) atoms. The molecule has 1 unspecified atom stereocenters. The van der Waals surface area contributed by atoms with Gasteiger partial charge in [-0.15, -0.1) is 11.8 Å². The van der Waals surface area contributed by atoms with Gasteiger partial charge in [0.05, 0.1) is 5.92 Å². The first-order chi connectivity index (χ1) is 8.56. The average molecular weight is 267 g/mol.